The number of fused-ring (bicyclic) bond motifs is 1. The number of rotatable bonds is 6. The van der Waals surface area contributed by atoms with Gasteiger partial charge >= 0.3 is 0 Å². The number of hydrogen-bond donors (Lipinski definition) is 2. The van der Waals surface area contributed by atoms with Crippen LogP contribution in [0.5, 0.6) is 28.7 Å². The standard InChI is InChI=1S/C25H29NO6/c1-15-7-5-6-10-26(15)14-18-19(27)9-8-17-24(28)23(32-25(17)18)12-16-11-21(30-3)22(31-4)13-20(16)29-2/h8-9,11-13,15,27H,5-7,10,14H2,1-4H3/p+1/b23-12-/t15-/m0/s1. The molecule has 2 atom stereocenters. The van der Waals surface area contributed by atoms with E-state index >= 15 is 0 Å². The maximum absolute atomic E-state index is 13.1. The molecule has 0 spiro atoms. The highest BCUT2D eigenvalue weighted by Crippen LogP contribution is 2.41. The first-order valence-corrected chi connectivity index (χ1v) is 10.9. The second-order valence-corrected chi connectivity index (χ2v) is 8.31. The number of allylic oxidation sites excluding steroid dienone is 1. The van der Waals surface area contributed by atoms with Crippen molar-refractivity contribution >= 4 is 11.9 Å². The molecule has 0 bridgehead atoms. The summed E-state index contributed by atoms with van der Waals surface area (Å²) in [5.41, 5.74) is 1.78. The van der Waals surface area contributed by atoms with Gasteiger partial charge < -0.3 is 29.0 Å². The van der Waals surface area contributed by atoms with Gasteiger partial charge in [0.1, 0.15) is 18.0 Å². The lowest BCUT2D eigenvalue weighted by Gasteiger charge is -2.30. The lowest BCUT2D eigenvalue weighted by molar-refractivity contribution is -0.941. The van der Waals surface area contributed by atoms with Gasteiger partial charge in [0.2, 0.25) is 5.78 Å². The van der Waals surface area contributed by atoms with E-state index in [1.54, 1.807) is 51.7 Å². The molecule has 0 aromatic heterocycles. The fourth-order valence-electron chi connectivity index (χ4n) is 4.52. The quantitative estimate of drug-likeness (QED) is 0.673. The number of hydrogen-bond acceptors (Lipinski definition) is 6. The number of piperidine rings is 1. The van der Waals surface area contributed by atoms with Crippen LogP contribution in [0.2, 0.25) is 0 Å². The van der Waals surface area contributed by atoms with E-state index < -0.39 is 0 Å². The van der Waals surface area contributed by atoms with Crippen molar-refractivity contribution in [3.63, 3.8) is 0 Å². The van der Waals surface area contributed by atoms with Crippen LogP contribution in [0.3, 0.4) is 0 Å². The fraction of sp³-hybridized carbons (Fsp3) is 0.400. The second kappa shape index (κ2) is 9.12. The van der Waals surface area contributed by atoms with Crippen molar-refractivity contribution in [3.8, 4) is 28.7 Å². The number of carbonyl (C=O) groups excluding carboxylic acids is 1. The Hall–Kier alpha value is -3.19. The minimum atomic E-state index is -0.222. The molecule has 32 heavy (non-hydrogen) atoms. The molecular weight excluding hydrogens is 410 g/mol. The van der Waals surface area contributed by atoms with Crippen LogP contribution in [-0.4, -0.2) is 44.8 Å². The molecule has 0 amide bonds. The Morgan fingerprint density at radius 2 is 1.81 bits per heavy atom. The average molecular weight is 441 g/mol. The average Bonchev–Trinajstić information content (AvgIpc) is 3.12. The highest BCUT2D eigenvalue weighted by atomic mass is 16.5. The van der Waals surface area contributed by atoms with Crippen LogP contribution in [0.1, 0.15) is 47.7 Å². The molecule has 0 saturated carbocycles. The minimum absolute atomic E-state index is 0.159. The number of ether oxygens (including phenoxy) is 4. The molecule has 1 saturated heterocycles. The van der Waals surface area contributed by atoms with Gasteiger partial charge in [-0.05, 0) is 50.5 Å². The van der Waals surface area contributed by atoms with Gasteiger partial charge in [0, 0.05) is 11.6 Å². The summed E-state index contributed by atoms with van der Waals surface area (Å²) in [4.78, 5) is 14.5. The Labute approximate surface area is 188 Å². The van der Waals surface area contributed by atoms with Crippen molar-refractivity contribution in [2.45, 2.75) is 38.8 Å². The van der Waals surface area contributed by atoms with Crippen LogP contribution >= 0.6 is 0 Å². The van der Waals surface area contributed by atoms with Gasteiger partial charge in [0.15, 0.2) is 23.0 Å². The van der Waals surface area contributed by atoms with Gasteiger partial charge in [-0.1, -0.05) is 0 Å². The monoisotopic (exact) mass is 440 g/mol. The van der Waals surface area contributed by atoms with Crippen LogP contribution in [0, 0.1) is 0 Å². The minimum Gasteiger partial charge on any atom is -0.507 e. The Balaban J connectivity index is 1.70. The predicted molar refractivity (Wildman–Crippen MR) is 120 cm³/mol. The summed E-state index contributed by atoms with van der Waals surface area (Å²) in [5, 5.41) is 10.6. The summed E-state index contributed by atoms with van der Waals surface area (Å²) in [6.07, 6.45) is 5.20. The highest BCUT2D eigenvalue weighted by Gasteiger charge is 2.34. The fourth-order valence-corrected chi connectivity index (χ4v) is 4.52. The van der Waals surface area contributed by atoms with Gasteiger partial charge in [-0.2, -0.15) is 0 Å². The number of benzene rings is 2. The summed E-state index contributed by atoms with van der Waals surface area (Å²) in [7, 11) is 4.65. The Morgan fingerprint density at radius 1 is 1.09 bits per heavy atom. The molecule has 2 N–H and O–H groups in total. The molecule has 2 aromatic rings. The van der Waals surface area contributed by atoms with Gasteiger partial charge in [0.25, 0.3) is 0 Å². The van der Waals surface area contributed by atoms with Gasteiger partial charge in [-0.15, -0.1) is 0 Å². The highest BCUT2D eigenvalue weighted by molar-refractivity contribution is 6.15. The topological polar surface area (TPSA) is 78.7 Å². The Morgan fingerprint density at radius 3 is 2.50 bits per heavy atom. The molecule has 1 fully saturated rings. The zero-order valence-corrected chi connectivity index (χ0v) is 19.0. The first kappa shape index (κ1) is 22.0. The third-order valence-electron chi connectivity index (χ3n) is 6.42. The number of aromatic hydroxyl groups is 1. The van der Waals surface area contributed by atoms with Crippen LogP contribution in [0.25, 0.3) is 6.08 Å². The number of quaternary nitrogens is 1. The van der Waals surface area contributed by atoms with Crippen molar-refractivity contribution in [2.75, 3.05) is 27.9 Å². The molecular formula is C25H30NO6+. The van der Waals surface area contributed by atoms with E-state index in [1.807, 2.05) is 0 Å². The van der Waals surface area contributed by atoms with Crippen LogP contribution in [-0.2, 0) is 6.54 Å². The number of phenols is 1. The van der Waals surface area contributed by atoms with Crippen molar-refractivity contribution in [2.24, 2.45) is 0 Å². The van der Waals surface area contributed by atoms with Crippen molar-refractivity contribution in [1.29, 1.82) is 0 Å². The first-order chi connectivity index (χ1) is 15.5. The summed E-state index contributed by atoms with van der Waals surface area (Å²) in [6.45, 7) is 3.90. The lowest BCUT2D eigenvalue weighted by atomic mass is 10.0. The molecule has 4 rings (SSSR count). The van der Waals surface area contributed by atoms with E-state index in [2.05, 4.69) is 6.92 Å². The summed E-state index contributed by atoms with van der Waals surface area (Å²) in [5.74, 6) is 2.14. The van der Waals surface area contributed by atoms with Crippen molar-refractivity contribution < 1.29 is 33.7 Å². The molecule has 0 radical (unpaired) electrons. The Bertz CT molecular complexity index is 1060. The molecule has 2 aliphatic heterocycles. The first-order valence-electron chi connectivity index (χ1n) is 10.9. The molecule has 7 nitrogen and oxygen atoms in total. The molecule has 2 aliphatic rings. The number of carbonyl (C=O) groups is 1. The number of phenolic OH excluding ortho intramolecular Hbond substituents is 1. The molecule has 170 valence electrons. The number of methoxy groups -OCH3 is 3. The van der Waals surface area contributed by atoms with Crippen LogP contribution in [0.4, 0.5) is 0 Å². The molecule has 1 unspecified atom stereocenters. The van der Waals surface area contributed by atoms with E-state index in [0.29, 0.717) is 52.3 Å². The predicted octanol–water partition coefficient (Wildman–Crippen LogP) is 2.99. The molecule has 7 heteroatoms. The summed E-state index contributed by atoms with van der Waals surface area (Å²) < 4.78 is 22.2. The maximum atomic E-state index is 13.1. The lowest BCUT2D eigenvalue weighted by Crippen LogP contribution is -3.14. The van der Waals surface area contributed by atoms with Crippen molar-refractivity contribution in [3.05, 3.63) is 46.7 Å². The SMILES string of the molecule is COc1cc(OC)c(OC)cc1/C=C1\Oc2c(ccc(O)c2C[NH+]2CCCC[C@@H]2C)C1=O. The normalized spacial score (nSPS) is 21.2. The van der Waals surface area contributed by atoms with Gasteiger partial charge in [-0.25, -0.2) is 0 Å². The number of Topliss-reactive ketones (excluding diaryl/α,β-unsaturated/α-hetero) is 1. The van der Waals surface area contributed by atoms with E-state index in [0.717, 1.165) is 13.0 Å². The molecule has 2 aromatic carbocycles. The van der Waals surface area contributed by atoms with Gasteiger partial charge in [-0.3, -0.25) is 4.79 Å². The smallest absolute Gasteiger partial charge is 0.231 e. The number of ketones is 1. The van der Waals surface area contributed by atoms with Crippen LogP contribution in [0.15, 0.2) is 30.0 Å². The maximum Gasteiger partial charge on any atom is 0.231 e. The summed E-state index contributed by atoms with van der Waals surface area (Å²) >= 11 is 0. The van der Waals surface area contributed by atoms with Crippen molar-refractivity contribution in [1.82, 2.24) is 0 Å². The molecule has 0 aliphatic carbocycles. The zero-order chi connectivity index (χ0) is 22.8. The summed E-state index contributed by atoms with van der Waals surface area (Å²) in [6, 6.07) is 7.15. The zero-order valence-electron chi connectivity index (χ0n) is 19.0. The van der Waals surface area contributed by atoms with E-state index in [1.165, 1.54) is 17.7 Å². The third kappa shape index (κ3) is 4.00. The Kier molecular flexibility index (Phi) is 6.28. The largest absolute Gasteiger partial charge is 0.507 e. The second-order valence-electron chi connectivity index (χ2n) is 8.31. The van der Waals surface area contributed by atoms with Gasteiger partial charge in [0.05, 0.1) is 45.0 Å². The number of nitrogens with one attached hydrogen (secondary N) is 1. The molecule has 2 heterocycles. The van der Waals surface area contributed by atoms with E-state index in [9.17, 15) is 9.90 Å². The van der Waals surface area contributed by atoms with E-state index in [-0.39, 0.29) is 17.3 Å². The number of likely N-dealkylation sites (tertiary alicyclic amines) is 1. The third-order valence-corrected chi connectivity index (χ3v) is 6.42. The van der Waals surface area contributed by atoms with Crippen LogP contribution < -0.4 is 23.8 Å². The van der Waals surface area contributed by atoms with E-state index in [4.69, 9.17) is 18.9 Å².